The van der Waals surface area contributed by atoms with Gasteiger partial charge in [-0.25, -0.2) is 4.39 Å². The van der Waals surface area contributed by atoms with Crippen LogP contribution in [0.3, 0.4) is 0 Å². The first-order chi connectivity index (χ1) is 12.1. The average Bonchev–Trinajstić information content (AvgIpc) is 2.60. The second-order valence-electron chi connectivity index (χ2n) is 5.74. The van der Waals surface area contributed by atoms with Crippen LogP contribution in [-0.2, 0) is 13.0 Å². The molecule has 0 heterocycles. The number of hydrogen-bond acceptors (Lipinski definition) is 3. The van der Waals surface area contributed by atoms with E-state index in [0.29, 0.717) is 13.2 Å². The van der Waals surface area contributed by atoms with Gasteiger partial charge in [-0.3, -0.25) is 0 Å². The third-order valence-electron chi connectivity index (χ3n) is 3.65. The van der Waals surface area contributed by atoms with Crippen molar-refractivity contribution in [2.24, 2.45) is 0 Å². The summed E-state index contributed by atoms with van der Waals surface area (Å²) in [7, 11) is 0. The lowest BCUT2D eigenvalue weighted by molar-refractivity contribution is 0.275. The summed E-state index contributed by atoms with van der Waals surface area (Å²) >= 11 is 3.58. The van der Waals surface area contributed by atoms with E-state index < -0.39 is 0 Å². The van der Waals surface area contributed by atoms with Crippen molar-refractivity contribution in [3.8, 4) is 11.5 Å². The smallest absolute Gasteiger partial charge is 0.175 e. The minimum atomic E-state index is -0.199. The standard InChI is InChI=1S/C20H25BrFNO2/c1-3-11-25-20-18(21)12-16(13-19(20)24-4-2)14-23-10-9-15-5-7-17(22)8-6-15/h5-8,12-13,23H,3-4,9-11,14H2,1-2H3. The molecular formula is C20H25BrFNO2. The molecule has 0 spiro atoms. The van der Waals surface area contributed by atoms with Crippen molar-refractivity contribution in [3.63, 3.8) is 0 Å². The first-order valence-corrected chi connectivity index (χ1v) is 9.46. The first kappa shape index (κ1) is 19.7. The Morgan fingerprint density at radius 3 is 2.48 bits per heavy atom. The van der Waals surface area contributed by atoms with Gasteiger partial charge in [0.2, 0.25) is 0 Å². The summed E-state index contributed by atoms with van der Waals surface area (Å²) in [4.78, 5) is 0. The Balaban J connectivity index is 1.93. The van der Waals surface area contributed by atoms with Gasteiger partial charge in [0.25, 0.3) is 0 Å². The maximum absolute atomic E-state index is 12.9. The fourth-order valence-corrected chi connectivity index (χ4v) is 3.05. The maximum atomic E-state index is 12.9. The molecule has 25 heavy (non-hydrogen) atoms. The molecule has 5 heteroatoms. The largest absolute Gasteiger partial charge is 0.490 e. The quantitative estimate of drug-likeness (QED) is 0.553. The van der Waals surface area contributed by atoms with Crippen molar-refractivity contribution >= 4 is 15.9 Å². The average molecular weight is 410 g/mol. The third-order valence-corrected chi connectivity index (χ3v) is 4.24. The van der Waals surface area contributed by atoms with Gasteiger partial charge < -0.3 is 14.8 Å². The van der Waals surface area contributed by atoms with Crippen LogP contribution in [0, 0.1) is 5.82 Å². The zero-order valence-electron chi connectivity index (χ0n) is 14.8. The van der Waals surface area contributed by atoms with E-state index in [1.54, 1.807) is 0 Å². The molecule has 0 aromatic heterocycles. The summed E-state index contributed by atoms with van der Waals surface area (Å²) in [5.74, 6) is 1.33. The van der Waals surface area contributed by atoms with E-state index in [1.165, 1.54) is 12.1 Å². The van der Waals surface area contributed by atoms with Crippen molar-refractivity contribution in [3.05, 3.63) is 57.8 Å². The van der Waals surface area contributed by atoms with Gasteiger partial charge in [-0.15, -0.1) is 0 Å². The highest BCUT2D eigenvalue weighted by molar-refractivity contribution is 9.10. The van der Waals surface area contributed by atoms with Gasteiger partial charge >= 0.3 is 0 Å². The van der Waals surface area contributed by atoms with Crippen LogP contribution in [0.1, 0.15) is 31.4 Å². The molecule has 3 nitrogen and oxygen atoms in total. The molecule has 0 atom stereocenters. The molecule has 0 aliphatic carbocycles. The summed E-state index contributed by atoms with van der Waals surface area (Å²) in [6.45, 7) is 6.85. The van der Waals surface area contributed by atoms with Gasteiger partial charge in [-0.1, -0.05) is 19.1 Å². The molecule has 0 fully saturated rings. The fourth-order valence-electron chi connectivity index (χ4n) is 2.45. The van der Waals surface area contributed by atoms with Gasteiger partial charge in [0.1, 0.15) is 5.82 Å². The molecule has 0 bridgehead atoms. The van der Waals surface area contributed by atoms with E-state index in [0.717, 1.165) is 53.0 Å². The third kappa shape index (κ3) is 6.33. The van der Waals surface area contributed by atoms with Crippen molar-refractivity contribution in [1.29, 1.82) is 0 Å². The summed E-state index contributed by atoms with van der Waals surface area (Å²) in [6, 6.07) is 10.7. The highest BCUT2D eigenvalue weighted by atomic mass is 79.9. The molecule has 0 unspecified atom stereocenters. The summed E-state index contributed by atoms with van der Waals surface area (Å²) in [6.07, 6.45) is 1.81. The topological polar surface area (TPSA) is 30.5 Å². The van der Waals surface area contributed by atoms with Crippen molar-refractivity contribution < 1.29 is 13.9 Å². The number of benzene rings is 2. The van der Waals surface area contributed by atoms with Crippen LogP contribution in [0.15, 0.2) is 40.9 Å². The van der Waals surface area contributed by atoms with Gasteiger partial charge in [-0.2, -0.15) is 0 Å². The molecule has 1 N–H and O–H groups in total. The Labute approximate surface area is 157 Å². The molecule has 0 saturated carbocycles. The lowest BCUT2D eigenvalue weighted by Crippen LogP contribution is -2.17. The number of hydrogen-bond donors (Lipinski definition) is 1. The Kier molecular flexibility index (Phi) is 8.22. The lowest BCUT2D eigenvalue weighted by atomic mass is 10.1. The second-order valence-corrected chi connectivity index (χ2v) is 6.59. The van der Waals surface area contributed by atoms with Crippen LogP contribution in [0.5, 0.6) is 11.5 Å². The normalized spacial score (nSPS) is 10.7. The Hall–Kier alpha value is -1.59. The minimum Gasteiger partial charge on any atom is -0.490 e. The Bertz CT molecular complexity index is 661. The molecule has 2 aromatic rings. The van der Waals surface area contributed by atoms with Crippen LogP contribution < -0.4 is 14.8 Å². The molecule has 2 rings (SSSR count). The number of rotatable bonds is 10. The minimum absolute atomic E-state index is 0.199. The predicted molar refractivity (Wildman–Crippen MR) is 103 cm³/mol. The van der Waals surface area contributed by atoms with E-state index in [-0.39, 0.29) is 5.82 Å². The Morgan fingerprint density at radius 2 is 1.80 bits per heavy atom. The molecule has 136 valence electrons. The van der Waals surface area contributed by atoms with E-state index in [1.807, 2.05) is 25.1 Å². The van der Waals surface area contributed by atoms with Crippen LogP contribution in [0.4, 0.5) is 4.39 Å². The Morgan fingerprint density at radius 1 is 1.04 bits per heavy atom. The number of halogens is 2. The highest BCUT2D eigenvalue weighted by Gasteiger charge is 2.12. The molecule has 0 saturated heterocycles. The SMILES string of the molecule is CCCOc1c(Br)cc(CNCCc2ccc(F)cc2)cc1OCC. The summed E-state index contributed by atoms with van der Waals surface area (Å²) < 4.78 is 25.3. The molecular weight excluding hydrogens is 385 g/mol. The number of nitrogens with one attached hydrogen (secondary N) is 1. The zero-order chi connectivity index (χ0) is 18.1. The zero-order valence-corrected chi connectivity index (χ0v) is 16.4. The van der Waals surface area contributed by atoms with Crippen molar-refractivity contribution in [2.75, 3.05) is 19.8 Å². The summed E-state index contributed by atoms with van der Waals surface area (Å²) in [5.41, 5.74) is 2.24. The van der Waals surface area contributed by atoms with Gasteiger partial charge in [-0.05, 0) is 77.6 Å². The molecule has 2 aromatic carbocycles. The molecule has 0 aliphatic heterocycles. The van der Waals surface area contributed by atoms with Gasteiger partial charge in [0, 0.05) is 6.54 Å². The summed E-state index contributed by atoms with van der Waals surface area (Å²) in [5, 5.41) is 3.41. The van der Waals surface area contributed by atoms with Crippen LogP contribution >= 0.6 is 15.9 Å². The fraction of sp³-hybridized carbons (Fsp3) is 0.400. The first-order valence-electron chi connectivity index (χ1n) is 8.67. The van der Waals surface area contributed by atoms with Crippen LogP contribution in [0.25, 0.3) is 0 Å². The van der Waals surface area contributed by atoms with E-state index in [4.69, 9.17) is 9.47 Å². The van der Waals surface area contributed by atoms with E-state index >= 15 is 0 Å². The van der Waals surface area contributed by atoms with Crippen LogP contribution in [-0.4, -0.2) is 19.8 Å². The van der Waals surface area contributed by atoms with Gasteiger partial charge in [0.15, 0.2) is 11.5 Å². The predicted octanol–water partition coefficient (Wildman–Crippen LogP) is 5.11. The van der Waals surface area contributed by atoms with E-state index in [9.17, 15) is 4.39 Å². The maximum Gasteiger partial charge on any atom is 0.175 e. The molecule has 0 aliphatic rings. The number of ether oxygens (including phenoxy) is 2. The van der Waals surface area contributed by atoms with Crippen molar-refractivity contribution in [1.82, 2.24) is 5.32 Å². The highest BCUT2D eigenvalue weighted by Crippen LogP contribution is 2.37. The molecule has 0 amide bonds. The van der Waals surface area contributed by atoms with Crippen molar-refractivity contribution in [2.45, 2.75) is 33.2 Å². The van der Waals surface area contributed by atoms with Gasteiger partial charge in [0.05, 0.1) is 17.7 Å². The van der Waals surface area contributed by atoms with Crippen LogP contribution in [0.2, 0.25) is 0 Å². The van der Waals surface area contributed by atoms with E-state index in [2.05, 4.69) is 34.2 Å². The molecule has 0 radical (unpaired) electrons. The second kappa shape index (κ2) is 10.4. The monoisotopic (exact) mass is 409 g/mol. The lowest BCUT2D eigenvalue weighted by Gasteiger charge is -2.15.